The van der Waals surface area contributed by atoms with Crippen molar-refractivity contribution in [2.24, 2.45) is 0 Å². The van der Waals surface area contributed by atoms with Crippen LogP contribution in [-0.2, 0) is 0 Å². The molecule has 82 valence electrons. The smallest absolute Gasteiger partial charge is 0.116 e. The van der Waals surface area contributed by atoms with Gasteiger partial charge >= 0.3 is 0 Å². The number of benzene rings is 1. The van der Waals surface area contributed by atoms with Crippen LogP contribution in [0.15, 0.2) is 49.2 Å². The summed E-state index contributed by atoms with van der Waals surface area (Å²) < 4.78 is 0. The second-order valence-corrected chi connectivity index (χ2v) is 3.99. The lowest BCUT2D eigenvalue weighted by Crippen LogP contribution is -1.86. The molecule has 0 radical (unpaired) electrons. The normalized spacial score (nSPS) is 10.6. The highest BCUT2D eigenvalue weighted by Crippen LogP contribution is 2.24. The van der Waals surface area contributed by atoms with Gasteiger partial charge in [-0.3, -0.25) is 4.98 Å². The van der Waals surface area contributed by atoms with Gasteiger partial charge in [-0.2, -0.15) is 0 Å². The Morgan fingerprint density at radius 2 is 1.94 bits per heavy atom. The minimum Gasteiger partial charge on any atom is -0.264 e. The minimum absolute atomic E-state index is 0.963. The molecule has 0 unspecified atom stereocenters. The highest BCUT2D eigenvalue weighted by Gasteiger charge is 2.03. The fourth-order valence-corrected chi connectivity index (χ4v) is 1.92. The molecule has 3 rings (SSSR count). The first-order chi connectivity index (χ1) is 8.34. The van der Waals surface area contributed by atoms with Gasteiger partial charge < -0.3 is 0 Å². The Labute approximate surface area is 99.2 Å². The largest absolute Gasteiger partial charge is 0.264 e. The zero-order valence-corrected chi connectivity index (χ0v) is 9.46. The number of aromatic nitrogens is 3. The molecule has 17 heavy (non-hydrogen) atoms. The lowest BCUT2D eigenvalue weighted by atomic mass is 10.0. The lowest BCUT2D eigenvalue weighted by molar-refractivity contribution is 1.22. The summed E-state index contributed by atoms with van der Waals surface area (Å²) in [7, 11) is 0. The van der Waals surface area contributed by atoms with Crippen LogP contribution in [0.3, 0.4) is 0 Å². The number of pyridine rings is 1. The third-order valence-electron chi connectivity index (χ3n) is 2.85. The number of hydrogen-bond acceptors (Lipinski definition) is 3. The SMILES string of the molecule is Cc1ccncc1-c1ccc2ncncc2c1. The Morgan fingerprint density at radius 1 is 1.00 bits per heavy atom. The van der Waals surface area contributed by atoms with Crippen LogP contribution in [0.4, 0.5) is 0 Å². The summed E-state index contributed by atoms with van der Waals surface area (Å²) in [5.41, 5.74) is 4.48. The Morgan fingerprint density at radius 3 is 2.82 bits per heavy atom. The number of hydrogen-bond donors (Lipinski definition) is 0. The predicted octanol–water partition coefficient (Wildman–Crippen LogP) is 3.00. The van der Waals surface area contributed by atoms with Gasteiger partial charge in [0.05, 0.1) is 5.52 Å². The molecule has 0 saturated heterocycles. The van der Waals surface area contributed by atoms with Crippen LogP contribution in [0.5, 0.6) is 0 Å². The monoisotopic (exact) mass is 221 g/mol. The minimum atomic E-state index is 0.963. The first-order valence-corrected chi connectivity index (χ1v) is 5.45. The van der Waals surface area contributed by atoms with Crippen molar-refractivity contribution in [3.63, 3.8) is 0 Å². The van der Waals surface area contributed by atoms with Crippen LogP contribution < -0.4 is 0 Å². The summed E-state index contributed by atoms with van der Waals surface area (Å²) in [6.45, 7) is 2.09. The molecule has 0 aliphatic carbocycles. The van der Waals surface area contributed by atoms with Crippen molar-refractivity contribution in [2.45, 2.75) is 6.92 Å². The maximum atomic E-state index is 4.21. The molecule has 0 aliphatic rings. The summed E-state index contributed by atoms with van der Waals surface area (Å²) in [6.07, 6.45) is 7.10. The maximum Gasteiger partial charge on any atom is 0.116 e. The van der Waals surface area contributed by atoms with E-state index in [-0.39, 0.29) is 0 Å². The van der Waals surface area contributed by atoms with Crippen molar-refractivity contribution < 1.29 is 0 Å². The molecule has 0 atom stereocenters. The van der Waals surface area contributed by atoms with E-state index in [0.29, 0.717) is 0 Å². The first-order valence-electron chi connectivity index (χ1n) is 5.45. The molecule has 3 heteroatoms. The van der Waals surface area contributed by atoms with Crippen molar-refractivity contribution in [3.8, 4) is 11.1 Å². The number of fused-ring (bicyclic) bond motifs is 1. The van der Waals surface area contributed by atoms with E-state index in [1.54, 1.807) is 6.33 Å². The van der Waals surface area contributed by atoms with Crippen molar-refractivity contribution in [2.75, 3.05) is 0 Å². The highest BCUT2D eigenvalue weighted by molar-refractivity contribution is 5.84. The van der Waals surface area contributed by atoms with Crippen molar-refractivity contribution in [1.82, 2.24) is 15.0 Å². The average Bonchev–Trinajstić information content (AvgIpc) is 2.39. The summed E-state index contributed by atoms with van der Waals surface area (Å²) in [4.78, 5) is 12.4. The number of nitrogens with zero attached hydrogens (tertiary/aromatic N) is 3. The van der Waals surface area contributed by atoms with Gasteiger partial charge in [0.25, 0.3) is 0 Å². The Hall–Kier alpha value is -2.29. The van der Waals surface area contributed by atoms with Gasteiger partial charge in [0.1, 0.15) is 6.33 Å². The molecular formula is C14H11N3. The van der Waals surface area contributed by atoms with E-state index in [2.05, 4.69) is 34.0 Å². The van der Waals surface area contributed by atoms with Crippen LogP contribution in [0, 0.1) is 6.92 Å². The van der Waals surface area contributed by atoms with E-state index in [0.717, 1.165) is 22.0 Å². The second-order valence-electron chi connectivity index (χ2n) is 3.99. The van der Waals surface area contributed by atoms with Gasteiger partial charge in [-0.05, 0) is 36.2 Å². The molecule has 2 aromatic heterocycles. The van der Waals surface area contributed by atoms with E-state index in [4.69, 9.17) is 0 Å². The first kappa shape index (κ1) is 9.90. The van der Waals surface area contributed by atoms with Crippen molar-refractivity contribution in [3.05, 3.63) is 54.7 Å². The van der Waals surface area contributed by atoms with Crippen LogP contribution >= 0.6 is 0 Å². The molecule has 3 aromatic rings. The van der Waals surface area contributed by atoms with Crippen LogP contribution in [0.1, 0.15) is 5.56 Å². The summed E-state index contributed by atoms with van der Waals surface area (Å²) in [5.74, 6) is 0. The van der Waals surface area contributed by atoms with Crippen LogP contribution in [-0.4, -0.2) is 15.0 Å². The molecule has 3 nitrogen and oxygen atoms in total. The molecule has 1 aromatic carbocycles. The van der Waals surface area contributed by atoms with Gasteiger partial charge in [0.15, 0.2) is 0 Å². The van der Waals surface area contributed by atoms with Gasteiger partial charge in [-0.1, -0.05) is 6.07 Å². The molecule has 0 fully saturated rings. The van der Waals surface area contributed by atoms with Crippen LogP contribution in [0.2, 0.25) is 0 Å². The average molecular weight is 221 g/mol. The highest BCUT2D eigenvalue weighted by atomic mass is 14.8. The van der Waals surface area contributed by atoms with Crippen molar-refractivity contribution >= 4 is 10.9 Å². The maximum absolute atomic E-state index is 4.21. The second kappa shape index (κ2) is 3.94. The number of rotatable bonds is 1. The van der Waals surface area contributed by atoms with Gasteiger partial charge in [-0.25, -0.2) is 9.97 Å². The molecule has 0 amide bonds. The lowest BCUT2D eigenvalue weighted by Gasteiger charge is -2.05. The molecule has 0 spiro atoms. The summed E-state index contributed by atoms with van der Waals surface area (Å²) >= 11 is 0. The predicted molar refractivity (Wildman–Crippen MR) is 67.5 cm³/mol. The van der Waals surface area contributed by atoms with Crippen LogP contribution in [0.25, 0.3) is 22.0 Å². The molecule has 0 bridgehead atoms. The number of aryl methyl sites for hydroxylation is 1. The molecular weight excluding hydrogens is 210 g/mol. The summed E-state index contributed by atoms with van der Waals surface area (Å²) in [6, 6.07) is 8.19. The van der Waals surface area contributed by atoms with E-state index in [9.17, 15) is 0 Å². The third-order valence-corrected chi connectivity index (χ3v) is 2.85. The van der Waals surface area contributed by atoms with E-state index in [1.807, 2.05) is 30.7 Å². The Kier molecular flexibility index (Phi) is 2.29. The molecule has 2 heterocycles. The molecule has 0 saturated carbocycles. The summed E-state index contributed by atoms with van der Waals surface area (Å²) in [5, 5.41) is 1.05. The topological polar surface area (TPSA) is 38.7 Å². The van der Waals surface area contributed by atoms with E-state index < -0.39 is 0 Å². The zero-order valence-electron chi connectivity index (χ0n) is 9.46. The van der Waals surface area contributed by atoms with Crippen molar-refractivity contribution in [1.29, 1.82) is 0 Å². The fraction of sp³-hybridized carbons (Fsp3) is 0.0714. The van der Waals surface area contributed by atoms with E-state index >= 15 is 0 Å². The van der Waals surface area contributed by atoms with Gasteiger partial charge in [-0.15, -0.1) is 0 Å². The van der Waals surface area contributed by atoms with Gasteiger partial charge in [0.2, 0.25) is 0 Å². The molecule has 0 N–H and O–H groups in total. The third kappa shape index (κ3) is 1.76. The molecule has 0 aliphatic heterocycles. The Bertz CT molecular complexity index is 677. The standard InChI is InChI=1S/C14H11N3/c1-10-4-5-15-8-13(10)11-2-3-14-12(6-11)7-16-9-17-14/h2-9H,1H3. The van der Waals surface area contributed by atoms with Gasteiger partial charge in [0, 0.05) is 29.5 Å². The fourth-order valence-electron chi connectivity index (χ4n) is 1.92. The quantitative estimate of drug-likeness (QED) is 0.634. The zero-order chi connectivity index (χ0) is 11.7. The van der Waals surface area contributed by atoms with E-state index in [1.165, 1.54) is 5.56 Å². The Balaban J connectivity index is 2.22.